The molecule has 0 saturated heterocycles. The van der Waals surface area contributed by atoms with E-state index in [2.05, 4.69) is 53.8 Å². The Labute approximate surface area is 137 Å². The van der Waals surface area contributed by atoms with Gasteiger partial charge in [-0.15, -0.1) is 0 Å². The number of nitrogens with one attached hydrogen (secondary N) is 2. The average molecular weight is 311 g/mol. The fourth-order valence-corrected chi connectivity index (χ4v) is 2.60. The topological polar surface area (TPSA) is 54.2 Å². The number of hydrogen-bond donors (Lipinski definition) is 2. The molecule has 3 rings (SSSR count). The van der Waals surface area contributed by atoms with Crippen molar-refractivity contribution in [2.75, 3.05) is 6.54 Å². The van der Waals surface area contributed by atoms with Gasteiger partial charge in [-0.1, -0.05) is 31.2 Å². The predicted molar refractivity (Wildman–Crippen MR) is 93.3 cm³/mol. The minimum absolute atomic E-state index is 0.582. The first-order valence-corrected chi connectivity index (χ1v) is 8.34. The number of rotatable bonds is 6. The van der Waals surface area contributed by atoms with Crippen molar-refractivity contribution >= 4 is 5.96 Å². The first kappa shape index (κ1) is 15.6. The Morgan fingerprint density at radius 2 is 2.17 bits per heavy atom. The molecular weight excluding hydrogens is 286 g/mol. The molecule has 23 heavy (non-hydrogen) atoms. The van der Waals surface area contributed by atoms with Crippen LogP contribution in [0.5, 0.6) is 0 Å². The summed E-state index contributed by atoms with van der Waals surface area (Å²) >= 11 is 0. The normalized spacial score (nSPS) is 20.3. The molecule has 0 aliphatic heterocycles. The van der Waals surface area contributed by atoms with E-state index >= 15 is 0 Å². The summed E-state index contributed by atoms with van der Waals surface area (Å²) in [5.41, 5.74) is 2.46. The van der Waals surface area contributed by atoms with Gasteiger partial charge in [-0.2, -0.15) is 5.10 Å². The molecule has 2 unspecified atom stereocenters. The summed E-state index contributed by atoms with van der Waals surface area (Å²) in [7, 11) is 0. The van der Waals surface area contributed by atoms with Crippen LogP contribution in [-0.4, -0.2) is 28.3 Å². The van der Waals surface area contributed by atoms with Gasteiger partial charge in [0, 0.05) is 25.0 Å². The minimum Gasteiger partial charge on any atom is -0.357 e. The maximum atomic E-state index is 4.71. The van der Waals surface area contributed by atoms with Gasteiger partial charge < -0.3 is 10.6 Å². The molecule has 1 aliphatic carbocycles. The zero-order chi connectivity index (χ0) is 16.1. The highest BCUT2D eigenvalue weighted by atomic mass is 15.3. The van der Waals surface area contributed by atoms with E-state index in [-0.39, 0.29) is 0 Å². The molecule has 1 saturated carbocycles. The van der Waals surface area contributed by atoms with Gasteiger partial charge in [0.2, 0.25) is 0 Å². The van der Waals surface area contributed by atoms with Crippen LogP contribution in [0.3, 0.4) is 0 Å². The number of nitrogens with zero attached hydrogens (tertiary/aromatic N) is 3. The van der Waals surface area contributed by atoms with E-state index in [4.69, 9.17) is 4.99 Å². The van der Waals surface area contributed by atoms with Crippen molar-refractivity contribution < 1.29 is 0 Å². The van der Waals surface area contributed by atoms with Crippen LogP contribution < -0.4 is 10.6 Å². The van der Waals surface area contributed by atoms with Crippen molar-refractivity contribution in [3.05, 3.63) is 53.9 Å². The zero-order valence-corrected chi connectivity index (χ0v) is 13.9. The van der Waals surface area contributed by atoms with E-state index in [1.807, 2.05) is 16.9 Å². The molecule has 2 atom stereocenters. The summed E-state index contributed by atoms with van der Waals surface area (Å²) in [4.78, 5) is 4.71. The second-order valence-corrected chi connectivity index (χ2v) is 6.18. The minimum atomic E-state index is 0.582. The zero-order valence-electron chi connectivity index (χ0n) is 13.9. The molecule has 0 radical (unpaired) electrons. The average Bonchev–Trinajstić information content (AvgIpc) is 3.00. The van der Waals surface area contributed by atoms with Crippen LogP contribution in [0.2, 0.25) is 0 Å². The molecule has 122 valence electrons. The molecule has 0 amide bonds. The van der Waals surface area contributed by atoms with Gasteiger partial charge in [0.15, 0.2) is 5.96 Å². The summed E-state index contributed by atoms with van der Waals surface area (Å²) in [5, 5.41) is 11.1. The molecular formula is C18H25N5. The van der Waals surface area contributed by atoms with E-state index in [1.54, 1.807) is 6.20 Å². The fraction of sp³-hybridized carbons (Fsp3) is 0.444. The summed E-state index contributed by atoms with van der Waals surface area (Å²) in [6.07, 6.45) is 5.03. The third kappa shape index (κ3) is 4.58. The Kier molecular flexibility index (Phi) is 4.95. The lowest BCUT2D eigenvalue weighted by Gasteiger charge is -2.11. The molecule has 5 heteroatoms. The molecule has 0 bridgehead atoms. The molecule has 1 aromatic carbocycles. The molecule has 1 fully saturated rings. The molecule has 1 aliphatic rings. The summed E-state index contributed by atoms with van der Waals surface area (Å²) in [5.74, 6) is 1.68. The van der Waals surface area contributed by atoms with Crippen LogP contribution >= 0.6 is 0 Å². The maximum Gasteiger partial charge on any atom is 0.191 e. The fourth-order valence-electron chi connectivity index (χ4n) is 2.60. The van der Waals surface area contributed by atoms with E-state index < -0.39 is 0 Å². The van der Waals surface area contributed by atoms with Crippen molar-refractivity contribution in [3.63, 3.8) is 0 Å². The lowest BCUT2D eigenvalue weighted by molar-refractivity contribution is 0.686. The van der Waals surface area contributed by atoms with Gasteiger partial charge in [0.1, 0.15) is 0 Å². The van der Waals surface area contributed by atoms with E-state index in [0.29, 0.717) is 12.6 Å². The predicted octanol–water partition coefficient (Wildman–Crippen LogP) is 2.39. The smallest absolute Gasteiger partial charge is 0.191 e. The van der Waals surface area contributed by atoms with E-state index in [0.717, 1.165) is 25.0 Å². The highest BCUT2D eigenvalue weighted by molar-refractivity contribution is 5.80. The lowest BCUT2D eigenvalue weighted by Crippen LogP contribution is -2.39. The van der Waals surface area contributed by atoms with Crippen molar-refractivity contribution in [1.29, 1.82) is 0 Å². The number of benzene rings is 1. The van der Waals surface area contributed by atoms with Gasteiger partial charge in [-0.25, -0.2) is 4.99 Å². The number of guanidine groups is 1. The summed E-state index contributed by atoms with van der Waals surface area (Å²) in [6.45, 7) is 6.72. The monoisotopic (exact) mass is 311 g/mol. The van der Waals surface area contributed by atoms with Crippen LogP contribution in [0.25, 0.3) is 0 Å². The van der Waals surface area contributed by atoms with Crippen LogP contribution in [0.15, 0.2) is 47.7 Å². The second-order valence-electron chi connectivity index (χ2n) is 6.18. The molecule has 5 nitrogen and oxygen atoms in total. The second kappa shape index (κ2) is 7.31. The Balaban J connectivity index is 1.62. The summed E-state index contributed by atoms with van der Waals surface area (Å²) < 4.78 is 1.93. The van der Waals surface area contributed by atoms with Crippen molar-refractivity contribution in [2.24, 2.45) is 10.9 Å². The quantitative estimate of drug-likeness (QED) is 0.636. The first-order chi connectivity index (χ1) is 11.2. The third-order valence-electron chi connectivity index (χ3n) is 4.09. The Hall–Kier alpha value is -2.30. The summed E-state index contributed by atoms with van der Waals surface area (Å²) in [6, 6.07) is 11.1. The van der Waals surface area contributed by atoms with Gasteiger partial charge in [0.05, 0.1) is 13.1 Å². The molecule has 2 aromatic rings. The Morgan fingerprint density at radius 3 is 2.87 bits per heavy atom. The highest BCUT2D eigenvalue weighted by Crippen LogP contribution is 2.28. The van der Waals surface area contributed by atoms with Gasteiger partial charge in [-0.3, -0.25) is 4.68 Å². The van der Waals surface area contributed by atoms with Gasteiger partial charge in [-0.05, 0) is 36.5 Å². The van der Waals surface area contributed by atoms with Gasteiger partial charge >= 0.3 is 0 Å². The third-order valence-corrected chi connectivity index (χ3v) is 4.09. The molecule has 2 N–H and O–H groups in total. The van der Waals surface area contributed by atoms with Crippen LogP contribution in [0.4, 0.5) is 0 Å². The SMILES string of the molecule is CCNC(=NCc1cccc(Cn2cccn2)c1)NC1CC1C. The Bertz CT molecular complexity index is 647. The standard InChI is InChI=1S/C18H25N5/c1-3-19-18(22-17-10-14(17)2)20-12-15-6-4-7-16(11-15)13-23-9-5-8-21-23/h4-9,11,14,17H,3,10,12-13H2,1-2H3,(H2,19,20,22). The van der Waals surface area contributed by atoms with Crippen LogP contribution in [0.1, 0.15) is 31.4 Å². The maximum absolute atomic E-state index is 4.71. The van der Waals surface area contributed by atoms with Crippen LogP contribution in [-0.2, 0) is 13.1 Å². The van der Waals surface area contributed by atoms with E-state index in [1.165, 1.54) is 17.5 Å². The van der Waals surface area contributed by atoms with E-state index in [9.17, 15) is 0 Å². The molecule has 0 spiro atoms. The van der Waals surface area contributed by atoms with Crippen LogP contribution in [0, 0.1) is 5.92 Å². The molecule has 1 heterocycles. The lowest BCUT2D eigenvalue weighted by atomic mass is 10.1. The van der Waals surface area contributed by atoms with Gasteiger partial charge in [0.25, 0.3) is 0 Å². The van der Waals surface area contributed by atoms with Crippen molar-refractivity contribution in [3.8, 4) is 0 Å². The number of hydrogen-bond acceptors (Lipinski definition) is 2. The largest absolute Gasteiger partial charge is 0.357 e. The number of aliphatic imine (C=N–C) groups is 1. The Morgan fingerprint density at radius 1 is 1.35 bits per heavy atom. The first-order valence-electron chi connectivity index (χ1n) is 8.34. The van der Waals surface area contributed by atoms with Crippen molar-refractivity contribution in [1.82, 2.24) is 20.4 Å². The highest BCUT2D eigenvalue weighted by Gasteiger charge is 2.33. The molecule has 1 aromatic heterocycles. The van der Waals surface area contributed by atoms with Crippen molar-refractivity contribution in [2.45, 2.75) is 39.4 Å². The number of aromatic nitrogens is 2.